The van der Waals surface area contributed by atoms with E-state index in [2.05, 4.69) is 183 Å². The molecule has 0 amide bonds. The van der Waals surface area contributed by atoms with E-state index in [-0.39, 0.29) is 5.41 Å². The second kappa shape index (κ2) is 11.3. The lowest BCUT2D eigenvalue weighted by Crippen LogP contribution is -2.24. The highest BCUT2D eigenvalue weighted by Gasteiger charge is 2.35. The third kappa shape index (κ3) is 4.57. The average molecular weight is 654 g/mol. The minimum atomic E-state index is -0.122. The fourth-order valence-corrected chi connectivity index (χ4v) is 8.36. The molecule has 242 valence electrons. The van der Waals surface area contributed by atoms with E-state index in [1.165, 1.54) is 44.2 Å². The maximum atomic E-state index is 6.43. The highest BCUT2D eigenvalue weighted by atomic mass is 16.3. The Labute approximate surface area is 297 Å². The summed E-state index contributed by atoms with van der Waals surface area (Å²) in [4.78, 5) is 2.43. The van der Waals surface area contributed by atoms with Crippen LogP contribution in [0.4, 0.5) is 17.1 Å². The van der Waals surface area contributed by atoms with E-state index < -0.39 is 0 Å². The van der Waals surface area contributed by atoms with Crippen molar-refractivity contribution in [3.8, 4) is 33.4 Å². The molecule has 0 fully saturated rings. The Morgan fingerprint density at radius 2 is 1.06 bits per heavy atom. The molecule has 1 aliphatic carbocycles. The number of furan rings is 1. The van der Waals surface area contributed by atoms with Crippen molar-refractivity contribution in [1.82, 2.24) is 0 Å². The fourth-order valence-electron chi connectivity index (χ4n) is 8.36. The molecule has 0 aliphatic heterocycles. The smallest absolute Gasteiger partial charge is 0.143 e. The van der Waals surface area contributed by atoms with Crippen LogP contribution >= 0.6 is 0 Å². The summed E-state index contributed by atoms with van der Waals surface area (Å²) < 4.78 is 6.43. The van der Waals surface area contributed by atoms with Crippen LogP contribution in [0.1, 0.15) is 25.0 Å². The Hall–Kier alpha value is -6.38. The number of benzene rings is 8. The van der Waals surface area contributed by atoms with Crippen molar-refractivity contribution in [3.05, 3.63) is 187 Å². The second-order valence-corrected chi connectivity index (χ2v) is 14.1. The predicted molar refractivity (Wildman–Crippen MR) is 214 cm³/mol. The summed E-state index contributed by atoms with van der Waals surface area (Å²) in [6.45, 7) is 4.72. The quantitative estimate of drug-likeness (QED) is 0.184. The minimum Gasteiger partial charge on any atom is -0.455 e. The molecule has 0 radical (unpaired) electrons. The lowest BCUT2D eigenvalue weighted by atomic mass is 9.68. The lowest BCUT2D eigenvalue weighted by molar-refractivity contribution is 0.645. The van der Waals surface area contributed by atoms with E-state index in [0.29, 0.717) is 0 Å². The van der Waals surface area contributed by atoms with Gasteiger partial charge in [0.15, 0.2) is 0 Å². The average Bonchev–Trinajstić information content (AvgIpc) is 3.57. The standard InChI is InChI=1S/C49H35NO/c1-49(2)42-19-8-6-16-41(42)47-44(31-26-35-14-10-20-43(49)46(35)47)50(36-27-22-33(23-28-36)32-12-4-3-5-13-32)37-29-24-34(25-30-37)38-17-11-18-40-39-15-7-9-21-45(39)51-48(38)40/h3-31H,1-2H3. The van der Waals surface area contributed by atoms with Gasteiger partial charge in [-0.2, -0.15) is 0 Å². The highest BCUT2D eigenvalue weighted by Crippen LogP contribution is 2.53. The first kappa shape index (κ1) is 29.5. The van der Waals surface area contributed by atoms with Crippen molar-refractivity contribution in [2.24, 2.45) is 0 Å². The van der Waals surface area contributed by atoms with Crippen LogP contribution in [0.2, 0.25) is 0 Å². The minimum absolute atomic E-state index is 0.122. The van der Waals surface area contributed by atoms with Gasteiger partial charge < -0.3 is 9.32 Å². The Morgan fingerprint density at radius 3 is 1.86 bits per heavy atom. The van der Waals surface area contributed by atoms with Crippen LogP contribution in [0.25, 0.3) is 66.1 Å². The molecule has 0 N–H and O–H groups in total. The monoisotopic (exact) mass is 653 g/mol. The van der Waals surface area contributed by atoms with Gasteiger partial charge in [-0.1, -0.05) is 153 Å². The molecular weight excluding hydrogens is 619 g/mol. The Kier molecular flexibility index (Phi) is 6.56. The molecule has 0 spiro atoms. The molecule has 0 atom stereocenters. The summed E-state index contributed by atoms with van der Waals surface area (Å²) in [5.74, 6) is 0. The van der Waals surface area contributed by atoms with Gasteiger partial charge in [-0.05, 0) is 80.6 Å². The molecule has 0 saturated heterocycles. The molecule has 10 rings (SSSR count). The fraction of sp³-hybridized carbons (Fsp3) is 0.0612. The first-order valence-electron chi connectivity index (χ1n) is 17.7. The maximum Gasteiger partial charge on any atom is 0.143 e. The molecular formula is C49H35NO. The van der Waals surface area contributed by atoms with Gasteiger partial charge in [-0.25, -0.2) is 0 Å². The number of hydrogen-bond acceptors (Lipinski definition) is 2. The van der Waals surface area contributed by atoms with Gasteiger partial charge in [0.2, 0.25) is 0 Å². The largest absolute Gasteiger partial charge is 0.455 e. The topological polar surface area (TPSA) is 16.4 Å². The number of nitrogens with zero attached hydrogens (tertiary/aromatic N) is 1. The molecule has 0 saturated carbocycles. The zero-order chi connectivity index (χ0) is 34.1. The first-order valence-corrected chi connectivity index (χ1v) is 17.7. The maximum absolute atomic E-state index is 6.43. The van der Waals surface area contributed by atoms with E-state index in [4.69, 9.17) is 4.42 Å². The molecule has 0 unspecified atom stereocenters. The van der Waals surface area contributed by atoms with E-state index in [1.54, 1.807) is 0 Å². The predicted octanol–water partition coefficient (Wildman–Crippen LogP) is 13.8. The van der Waals surface area contributed by atoms with Crippen LogP contribution < -0.4 is 4.90 Å². The van der Waals surface area contributed by atoms with Crippen LogP contribution in [0, 0.1) is 0 Å². The highest BCUT2D eigenvalue weighted by molar-refractivity contribution is 6.11. The van der Waals surface area contributed by atoms with Gasteiger partial charge in [0, 0.05) is 38.7 Å². The van der Waals surface area contributed by atoms with Crippen molar-refractivity contribution in [1.29, 1.82) is 0 Å². The molecule has 1 aromatic heterocycles. The first-order chi connectivity index (χ1) is 25.1. The summed E-state index contributed by atoms with van der Waals surface area (Å²) >= 11 is 0. The van der Waals surface area contributed by atoms with Crippen LogP contribution in [-0.2, 0) is 5.41 Å². The molecule has 1 aliphatic rings. The van der Waals surface area contributed by atoms with E-state index in [1.807, 2.05) is 12.1 Å². The van der Waals surface area contributed by atoms with E-state index in [0.717, 1.165) is 50.1 Å². The Balaban J connectivity index is 1.18. The number of fused-ring (bicyclic) bond motifs is 5. The summed E-state index contributed by atoms with van der Waals surface area (Å²) in [6.07, 6.45) is 0. The number of hydrogen-bond donors (Lipinski definition) is 0. The summed E-state index contributed by atoms with van der Waals surface area (Å²) in [6, 6.07) is 63.6. The van der Waals surface area contributed by atoms with E-state index in [9.17, 15) is 0 Å². The Morgan fingerprint density at radius 1 is 0.451 bits per heavy atom. The second-order valence-electron chi connectivity index (χ2n) is 14.1. The Bertz CT molecular complexity index is 2750. The molecule has 51 heavy (non-hydrogen) atoms. The molecule has 2 nitrogen and oxygen atoms in total. The van der Waals surface area contributed by atoms with Crippen molar-refractivity contribution in [2.75, 3.05) is 4.90 Å². The molecule has 1 heterocycles. The molecule has 0 bridgehead atoms. The summed E-state index contributed by atoms with van der Waals surface area (Å²) in [7, 11) is 0. The van der Waals surface area contributed by atoms with Crippen LogP contribution in [-0.4, -0.2) is 0 Å². The molecule has 9 aromatic rings. The zero-order valence-electron chi connectivity index (χ0n) is 28.6. The van der Waals surface area contributed by atoms with Crippen molar-refractivity contribution in [3.63, 3.8) is 0 Å². The van der Waals surface area contributed by atoms with Gasteiger partial charge in [0.05, 0.1) is 5.69 Å². The van der Waals surface area contributed by atoms with Crippen molar-refractivity contribution in [2.45, 2.75) is 19.3 Å². The normalized spacial score (nSPS) is 13.1. The number of anilines is 3. The lowest BCUT2D eigenvalue weighted by Gasteiger charge is -2.38. The van der Waals surface area contributed by atoms with Gasteiger partial charge in [-0.15, -0.1) is 0 Å². The van der Waals surface area contributed by atoms with Crippen LogP contribution in [0.15, 0.2) is 180 Å². The third-order valence-electron chi connectivity index (χ3n) is 10.9. The van der Waals surface area contributed by atoms with Gasteiger partial charge in [0.25, 0.3) is 0 Å². The van der Waals surface area contributed by atoms with Crippen molar-refractivity contribution >= 4 is 49.8 Å². The molecule has 2 heteroatoms. The number of rotatable bonds is 5. The summed E-state index contributed by atoms with van der Waals surface area (Å²) in [5.41, 5.74) is 15.0. The van der Waals surface area contributed by atoms with E-state index >= 15 is 0 Å². The van der Waals surface area contributed by atoms with Crippen molar-refractivity contribution < 1.29 is 4.42 Å². The third-order valence-corrected chi connectivity index (χ3v) is 10.9. The van der Waals surface area contributed by atoms with Gasteiger partial charge in [0.1, 0.15) is 11.2 Å². The SMILES string of the molecule is CC1(C)c2ccccc2-c2c(N(c3ccc(-c4ccccc4)cc3)c3ccc(-c4cccc5c4oc4ccccc45)cc3)ccc3cccc1c23. The van der Waals surface area contributed by atoms with Crippen LogP contribution in [0.3, 0.4) is 0 Å². The molecule has 8 aromatic carbocycles. The number of para-hydroxylation sites is 2. The zero-order valence-corrected chi connectivity index (χ0v) is 28.6. The van der Waals surface area contributed by atoms with Gasteiger partial charge in [-0.3, -0.25) is 0 Å². The summed E-state index contributed by atoms with van der Waals surface area (Å²) in [5, 5.41) is 4.88. The van der Waals surface area contributed by atoms with Crippen LogP contribution in [0.5, 0.6) is 0 Å². The van der Waals surface area contributed by atoms with Gasteiger partial charge >= 0.3 is 0 Å².